The Hall–Kier alpha value is -3.85. The molecule has 3 heterocycles. The molecule has 2 aromatic carbocycles. The minimum atomic E-state index is -0.611. The smallest absolute Gasteiger partial charge is 0.253 e. The third kappa shape index (κ3) is 5.21. The standard InChI is InChI=1S/C27H28FN3O5/c1-17(16-33-2)35-20-12-19(23-5-6-24(30-23)26-29-8-11-34-26)13-21(15-20)36-25-7-4-18(14-22(25)28)27(32)31-9-3-10-31/h4-7,12-15,17,30H,3,8-11,16H2,1-2H3. The van der Waals surface area contributed by atoms with E-state index in [9.17, 15) is 9.18 Å². The molecule has 1 unspecified atom stereocenters. The predicted octanol–water partition coefficient (Wildman–Crippen LogP) is 4.65. The number of amides is 1. The van der Waals surface area contributed by atoms with Crippen LogP contribution in [-0.4, -0.2) is 67.8 Å². The van der Waals surface area contributed by atoms with Gasteiger partial charge in [0.05, 0.1) is 13.2 Å². The summed E-state index contributed by atoms with van der Waals surface area (Å²) < 4.78 is 37.6. The number of hydrogen-bond acceptors (Lipinski definition) is 6. The number of aliphatic imine (C=N–C) groups is 1. The number of aromatic nitrogens is 1. The molecule has 8 nitrogen and oxygen atoms in total. The van der Waals surface area contributed by atoms with E-state index in [1.165, 1.54) is 12.1 Å². The van der Waals surface area contributed by atoms with E-state index in [4.69, 9.17) is 18.9 Å². The van der Waals surface area contributed by atoms with Crippen LogP contribution in [0.3, 0.4) is 0 Å². The van der Waals surface area contributed by atoms with E-state index in [-0.39, 0.29) is 17.8 Å². The average Bonchev–Trinajstić information content (AvgIpc) is 3.51. The van der Waals surface area contributed by atoms with Crippen LogP contribution in [0.5, 0.6) is 17.2 Å². The van der Waals surface area contributed by atoms with Crippen LogP contribution in [-0.2, 0) is 9.47 Å². The molecular weight excluding hydrogens is 465 g/mol. The Kier molecular flexibility index (Phi) is 6.90. The summed E-state index contributed by atoms with van der Waals surface area (Å²) in [4.78, 5) is 21.8. The number of carbonyl (C=O) groups is 1. The van der Waals surface area contributed by atoms with E-state index < -0.39 is 5.82 Å². The summed E-state index contributed by atoms with van der Waals surface area (Å²) in [5.41, 5.74) is 2.66. The van der Waals surface area contributed by atoms with E-state index in [1.54, 1.807) is 30.2 Å². The molecule has 0 radical (unpaired) electrons. The number of ether oxygens (including phenoxy) is 4. The van der Waals surface area contributed by atoms with Crippen molar-refractivity contribution in [2.24, 2.45) is 4.99 Å². The second-order valence-electron chi connectivity index (χ2n) is 8.79. The molecule has 2 aliphatic heterocycles. The lowest BCUT2D eigenvalue weighted by Crippen LogP contribution is -2.42. The third-order valence-corrected chi connectivity index (χ3v) is 5.98. The number of nitrogens with zero attached hydrogens (tertiary/aromatic N) is 2. The highest BCUT2D eigenvalue weighted by atomic mass is 19.1. The average molecular weight is 494 g/mol. The molecule has 0 spiro atoms. The molecule has 3 aromatic rings. The van der Waals surface area contributed by atoms with Gasteiger partial charge in [-0.2, -0.15) is 0 Å². The maximum atomic E-state index is 14.9. The van der Waals surface area contributed by atoms with Crippen LogP contribution in [0, 0.1) is 5.82 Å². The minimum Gasteiger partial charge on any atom is -0.488 e. The van der Waals surface area contributed by atoms with Crippen molar-refractivity contribution in [3.8, 4) is 28.5 Å². The van der Waals surface area contributed by atoms with Gasteiger partial charge in [-0.3, -0.25) is 4.79 Å². The van der Waals surface area contributed by atoms with Crippen molar-refractivity contribution in [2.75, 3.05) is 40.0 Å². The van der Waals surface area contributed by atoms with Crippen LogP contribution in [0.4, 0.5) is 4.39 Å². The molecule has 1 amide bonds. The van der Waals surface area contributed by atoms with Crippen molar-refractivity contribution < 1.29 is 28.1 Å². The van der Waals surface area contributed by atoms with Gasteiger partial charge in [0, 0.05) is 43.1 Å². The molecule has 1 saturated heterocycles. The van der Waals surface area contributed by atoms with Crippen molar-refractivity contribution in [3.63, 3.8) is 0 Å². The molecule has 2 aliphatic rings. The number of hydrogen-bond donors (Lipinski definition) is 1. The van der Waals surface area contributed by atoms with E-state index in [1.807, 2.05) is 25.1 Å². The maximum absolute atomic E-state index is 14.9. The number of halogens is 1. The van der Waals surface area contributed by atoms with Gasteiger partial charge in [-0.25, -0.2) is 9.38 Å². The fraction of sp³-hybridized carbons (Fsp3) is 0.333. The summed E-state index contributed by atoms with van der Waals surface area (Å²) in [6.07, 6.45) is 0.768. The Morgan fingerprint density at radius 1 is 1.14 bits per heavy atom. The highest BCUT2D eigenvalue weighted by Gasteiger charge is 2.23. The molecule has 0 bridgehead atoms. The van der Waals surface area contributed by atoms with Crippen LogP contribution in [0.25, 0.3) is 11.3 Å². The first kappa shape index (κ1) is 23.9. The van der Waals surface area contributed by atoms with Crippen molar-refractivity contribution in [1.29, 1.82) is 0 Å². The SMILES string of the molecule is COCC(C)Oc1cc(Oc2ccc(C(=O)N3CCC3)cc2F)cc(-c2ccc(C3=NCCO3)[nH]2)c1. The number of benzene rings is 2. The molecule has 1 aromatic heterocycles. The van der Waals surface area contributed by atoms with Gasteiger partial charge in [-0.05, 0) is 55.8 Å². The number of likely N-dealkylation sites (tertiary alicyclic amines) is 1. The Morgan fingerprint density at radius 2 is 1.94 bits per heavy atom. The van der Waals surface area contributed by atoms with Gasteiger partial charge in [0.15, 0.2) is 11.6 Å². The van der Waals surface area contributed by atoms with Gasteiger partial charge in [0.2, 0.25) is 5.90 Å². The number of methoxy groups -OCH3 is 1. The van der Waals surface area contributed by atoms with Crippen molar-refractivity contribution in [2.45, 2.75) is 19.4 Å². The van der Waals surface area contributed by atoms with Gasteiger partial charge < -0.3 is 28.8 Å². The fourth-order valence-corrected chi connectivity index (χ4v) is 4.09. The number of rotatable bonds is 9. The summed E-state index contributed by atoms with van der Waals surface area (Å²) in [7, 11) is 1.61. The first-order chi connectivity index (χ1) is 17.5. The molecule has 5 rings (SSSR count). The number of aromatic amines is 1. The van der Waals surface area contributed by atoms with Gasteiger partial charge >= 0.3 is 0 Å². The van der Waals surface area contributed by atoms with E-state index >= 15 is 0 Å². The predicted molar refractivity (Wildman–Crippen MR) is 133 cm³/mol. The van der Waals surface area contributed by atoms with Gasteiger partial charge in [0.1, 0.15) is 29.9 Å². The Labute approximate surface area is 208 Å². The summed E-state index contributed by atoms with van der Waals surface area (Å²) in [5.74, 6) is 0.745. The summed E-state index contributed by atoms with van der Waals surface area (Å²) >= 11 is 0. The number of H-pyrrole nitrogens is 1. The van der Waals surface area contributed by atoms with Crippen LogP contribution in [0.1, 0.15) is 29.4 Å². The quantitative estimate of drug-likeness (QED) is 0.469. The Balaban J connectivity index is 1.42. The number of nitrogens with one attached hydrogen (secondary N) is 1. The molecular formula is C27H28FN3O5. The first-order valence-electron chi connectivity index (χ1n) is 11.9. The number of carbonyl (C=O) groups excluding carboxylic acids is 1. The molecule has 188 valence electrons. The maximum Gasteiger partial charge on any atom is 0.253 e. The molecule has 1 fully saturated rings. The van der Waals surface area contributed by atoms with Crippen molar-refractivity contribution in [3.05, 3.63) is 65.6 Å². The second kappa shape index (κ2) is 10.4. The van der Waals surface area contributed by atoms with Crippen LogP contribution in [0.15, 0.2) is 53.5 Å². The topological polar surface area (TPSA) is 85.4 Å². The Morgan fingerprint density at radius 3 is 2.64 bits per heavy atom. The van der Waals surface area contributed by atoms with Crippen molar-refractivity contribution >= 4 is 11.8 Å². The molecule has 36 heavy (non-hydrogen) atoms. The van der Waals surface area contributed by atoms with Gasteiger partial charge in [-0.15, -0.1) is 0 Å². The highest BCUT2D eigenvalue weighted by molar-refractivity contribution is 5.95. The summed E-state index contributed by atoms with van der Waals surface area (Å²) in [5, 5.41) is 0. The molecule has 9 heteroatoms. The Bertz CT molecular complexity index is 1280. The summed E-state index contributed by atoms with van der Waals surface area (Å²) in [6, 6.07) is 13.5. The highest BCUT2D eigenvalue weighted by Crippen LogP contribution is 2.34. The second-order valence-corrected chi connectivity index (χ2v) is 8.79. The lowest BCUT2D eigenvalue weighted by molar-refractivity contribution is 0.0651. The third-order valence-electron chi connectivity index (χ3n) is 5.98. The van der Waals surface area contributed by atoms with Gasteiger partial charge in [0.25, 0.3) is 5.91 Å². The van der Waals surface area contributed by atoms with Gasteiger partial charge in [-0.1, -0.05) is 0 Å². The normalized spacial score (nSPS) is 15.6. The molecule has 1 N–H and O–H groups in total. The van der Waals surface area contributed by atoms with E-state index in [0.29, 0.717) is 55.8 Å². The molecule has 0 saturated carbocycles. The zero-order chi connectivity index (χ0) is 25.1. The van der Waals surface area contributed by atoms with Crippen LogP contribution >= 0.6 is 0 Å². The van der Waals surface area contributed by atoms with E-state index in [0.717, 1.165) is 23.4 Å². The van der Waals surface area contributed by atoms with Crippen LogP contribution in [0.2, 0.25) is 0 Å². The fourth-order valence-electron chi connectivity index (χ4n) is 4.09. The lowest BCUT2D eigenvalue weighted by atomic mass is 10.1. The molecule has 1 atom stereocenters. The first-order valence-corrected chi connectivity index (χ1v) is 11.9. The monoisotopic (exact) mass is 493 g/mol. The minimum absolute atomic E-state index is 0.0177. The molecule has 0 aliphatic carbocycles. The van der Waals surface area contributed by atoms with Crippen LogP contribution < -0.4 is 9.47 Å². The van der Waals surface area contributed by atoms with E-state index in [2.05, 4.69) is 9.98 Å². The lowest BCUT2D eigenvalue weighted by Gasteiger charge is -2.30. The zero-order valence-corrected chi connectivity index (χ0v) is 20.3. The zero-order valence-electron chi connectivity index (χ0n) is 20.3. The van der Waals surface area contributed by atoms with Crippen molar-refractivity contribution in [1.82, 2.24) is 9.88 Å². The largest absolute Gasteiger partial charge is 0.488 e. The summed E-state index contributed by atoms with van der Waals surface area (Å²) in [6.45, 7) is 4.91.